The molecule has 0 fully saturated rings. The molecule has 5 heteroatoms. The second-order valence-corrected chi connectivity index (χ2v) is 4.94. The van der Waals surface area contributed by atoms with E-state index in [0.29, 0.717) is 17.7 Å². The van der Waals surface area contributed by atoms with E-state index in [1.807, 2.05) is 18.0 Å². The van der Waals surface area contributed by atoms with E-state index in [2.05, 4.69) is 11.2 Å². The standard InChI is InChI=1S/C17H16F2N2O/c1-3-8-20-17(22)14-5-4-9-21(11-14)12(2)13-6-7-15(18)16(19)10-13/h1,4-7,9-10,12H,8,11H2,2H3,(H,20,22). The van der Waals surface area contributed by atoms with E-state index in [4.69, 9.17) is 6.42 Å². The second kappa shape index (κ2) is 6.90. The zero-order valence-corrected chi connectivity index (χ0v) is 12.1. The van der Waals surface area contributed by atoms with Crippen molar-refractivity contribution in [3.63, 3.8) is 0 Å². The van der Waals surface area contributed by atoms with Gasteiger partial charge in [-0.3, -0.25) is 4.79 Å². The molecule has 1 aliphatic rings. The zero-order chi connectivity index (χ0) is 16.1. The highest BCUT2D eigenvalue weighted by molar-refractivity contribution is 5.94. The van der Waals surface area contributed by atoms with Gasteiger partial charge in [-0.05, 0) is 36.9 Å². The second-order valence-electron chi connectivity index (χ2n) is 4.94. The van der Waals surface area contributed by atoms with Crippen molar-refractivity contribution in [1.29, 1.82) is 0 Å². The van der Waals surface area contributed by atoms with E-state index in [-0.39, 0.29) is 18.5 Å². The normalized spacial score (nSPS) is 15.0. The van der Waals surface area contributed by atoms with Crippen LogP contribution in [0.3, 0.4) is 0 Å². The van der Waals surface area contributed by atoms with Gasteiger partial charge in [0.1, 0.15) is 0 Å². The Morgan fingerprint density at radius 1 is 1.45 bits per heavy atom. The number of carbonyl (C=O) groups is 1. The van der Waals surface area contributed by atoms with Gasteiger partial charge in [0, 0.05) is 12.1 Å². The van der Waals surface area contributed by atoms with Crippen molar-refractivity contribution < 1.29 is 13.6 Å². The summed E-state index contributed by atoms with van der Waals surface area (Å²) in [5.74, 6) is 0.352. The molecule has 0 saturated heterocycles. The third kappa shape index (κ3) is 3.53. The van der Waals surface area contributed by atoms with Crippen molar-refractivity contribution in [3.8, 4) is 12.3 Å². The Balaban J connectivity index is 2.09. The van der Waals surface area contributed by atoms with Gasteiger partial charge < -0.3 is 10.2 Å². The molecular weight excluding hydrogens is 286 g/mol. The van der Waals surface area contributed by atoms with Gasteiger partial charge in [-0.15, -0.1) is 6.42 Å². The summed E-state index contributed by atoms with van der Waals surface area (Å²) in [6.45, 7) is 2.39. The van der Waals surface area contributed by atoms with Crippen molar-refractivity contribution in [3.05, 3.63) is 59.3 Å². The molecule has 3 nitrogen and oxygen atoms in total. The van der Waals surface area contributed by atoms with Crippen LogP contribution < -0.4 is 5.32 Å². The van der Waals surface area contributed by atoms with Gasteiger partial charge in [0.25, 0.3) is 0 Å². The van der Waals surface area contributed by atoms with Crippen LogP contribution in [-0.2, 0) is 4.79 Å². The minimum atomic E-state index is -0.882. The summed E-state index contributed by atoms with van der Waals surface area (Å²) >= 11 is 0. The molecule has 0 radical (unpaired) electrons. The first kappa shape index (κ1) is 15.8. The lowest BCUT2D eigenvalue weighted by molar-refractivity contribution is -0.117. The quantitative estimate of drug-likeness (QED) is 0.867. The molecule has 1 unspecified atom stereocenters. The monoisotopic (exact) mass is 302 g/mol. The largest absolute Gasteiger partial charge is 0.366 e. The average Bonchev–Trinajstić information content (AvgIpc) is 2.54. The van der Waals surface area contributed by atoms with Crippen LogP contribution in [0, 0.1) is 24.0 Å². The average molecular weight is 302 g/mol. The molecule has 0 aliphatic carbocycles. The van der Waals surface area contributed by atoms with Crippen LogP contribution in [0.1, 0.15) is 18.5 Å². The molecule has 0 spiro atoms. The first-order valence-electron chi connectivity index (χ1n) is 6.82. The Labute approximate surface area is 128 Å². The first-order chi connectivity index (χ1) is 10.5. The lowest BCUT2D eigenvalue weighted by Gasteiger charge is -2.30. The summed E-state index contributed by atoms with van der Waals surface area (Å²) in [4.78, 5) is 13.8. The van der Waals surface area contributed by atoms with Gasteiger partial charge in [-0.25, -0.2) is 8.78 Å². The fourth-order valence-electron chi connectivity index (χ4n) is 2.19. The SMILES string of the molecule is C#CCNC(=O)C1=CC=CN(C(C)c2ccc(F)c(F)c2)C1. The molecule has 0 saturated carbocycles. The molecule has 0 bridgehead atoms. The number of carbonyl (C=O) groups excluding carboxylic acids is 1. The van der Waals surface area contributed by atoms with E-state index in [0.717, 1.165) is 6.07 Å². The van der Waals surface area contributed by atoms with Crippen molar-refractivity contribution in [1.82, 2.24) is 10.2 Å². The number of rotatable bonds is 4. The molecule has 1 heterocycles. The van der Waals surface area contributed by atoms with Crippen LogP contribution in [0.15, 0.2) is 42.1 Å². The number of nitrogens with zero attached hydrogens (tertiary/aromatic N) is 1. The molecule has 1 aromatic carbocycles. The minimum absolute atomic E-state index is 0.165. The van der Waals surface area contributed by atoms with Crippen LogP contribution in [0.2, 0.25) is 0 Å². The van der Waals surface area contributed by atoms with Gasteiger partial charge in [0.2, 0.25) is 5.91 Å². The molecule has 114 valence electrons. The Hall–Kier alpha value is -2.61. The maximum atomic E-state index is 13.3. The Morgan fingerprint density at radius 2 is 2.23 bits per heavy atom. The van der Waals surface area contributed by atoms with Crippen molar-refractivity contribution in [2.24, 2.45) is 0 Å². The predicted octanol–water partition coefficient (Wildman–Crippen LogP) is 2.53. The van der Waals surface area contributed by atoms with Crippen molar-refractivity contribution in [2.75, 3.05) is 13.1 Å². The van der Waals surface area contributed by atoms with Crippen LogP contribution in [0.25, 0.3) is 0 Å². The van der Waals surface area contributed by atoms with Crippen molar-refractivity contribution >= 4 is 5.91 Å². The molecule has 1 N–H and O–H groups in total. The Bertz CT molecular complexity index is 674. The fourth-order valence-corrected chi connectivity index (χ4v) is 2.19. The maximum absolute atomic E-state index is 13.3. The lowest BCUT2D eigenvalue weighted by Crippen LogP contribution is -2.33. The summed E-state index contributed by atoms with van der Waals surface area (Å²) in [6.07, 6.45) is 10.4. The van der Waals surface area contributed by atoms with Crippen LogP contribution in [0.5, 0.6) is 0 Å². The number of halogens is 2. The highest BCUT2D eigenvalue weighted by Crippen LogP contribution is 2.25. The van der Waals surface area contributed by atoms with Crippen LogP contribution in [0.4, 0.5) is 8.78 Å². The molecule has 1 aromatic rings. The van der Waals surface area contributed by atoms with E-state index in [9.17, 15) is 13.6 Å². The molecule has 1 atom stereocenters. The van der Waals surface area contributed by atoms with Crippen molar-refractivity contribution in [2.45, 2.75) is 13.0 Å². The summed E-state index contributed by atoms with van der Waals surface area (Å²) in [7, 11) is 0. The number of allylic oxidation sites excluding steroid dienone is 2. The Kier molecular flexibility index (Phi) is 4.95. The number of benzene rings is 1. The molecular formula is C17H16F2N2O. The third-order valence-electron chi connectivity index (χ3n) is 3.49. The highest BCUT2D eigenvalue weighted by atomic mass is 19.2. The van der Waals surface area contributed by atoms with E-state index >= 15 is 0 Å². The Morgan fingerprint density at radius 3 is 2.91 bits per heavy atom. The zero-order valence-electron chi connectivity index (χ0n) is 12.1. The first-order valence-corrected chi connectivity index (χ1v) is 6.82. The lowest BCUT2D eigenvalue weighted by atomic mass is 10.0. The molecule has 2 rings (SSSR count). The number of terminal acetylenes is 1. The molecule has 22 heavy (non-hydrogen) atoms. The number of hydrogen-bond donors (Lipinski definition) is 1. The van der Waals surface area contributed by atoms with Crippen LogP contribution in [-0.4, -0.2) is 23.9 Å². The number of hydrogen-bond acceptors (Lipinski definition) is 2. The van der Waals surface area contributed by atoms with Gasteiger partial charge >= 0.3 is 0 Å². The third-order valence-corrected chi connectivity index (χ3v) is 3.49. The summed E-state index contributed by atoms with van der Waals surface area (Å²) < 4.78 is 26.4. The van der Waals surface area contributed by atoms with E-state index in [1.165, 1.54) is 12.1 Å². The predicted molar refractivity (Wildman–Crippen MR) is 80.5 cm³/mol. The van der Waals surface area contributed by atoms with Gasteiger partial charge in [-0.2, -0.15) is 0 Å². The molecule has 1 amide bonds. The fraction of sp³-hybridized carbons (Fsp3) is 0.235. The van der Waals surface area contributed by atoms with Gasteiger partial charge in [-0.1, -0.05) is 18.1 Å². The maximum Gasteiger partial charge on any atom is 0.249 e. The minimum Gasteiger partial charge on any atom is -0.366 e. The van der Waals surface area contributed by atoms with E-state index < -0.39 is 11.6 Å². The molecule has 1 aliphatic heterocycles. The summed E-state index contributed by atoms with van der Waals surface area (Å²) in [5.41, 5.74) is 1.20. The van der Waals surface area contributed by atoms with E-state index in [1.54, 1.807) is 12.2 Å². The summed E-state index contributed by atoms with van der Waals surface area (Å²) in [6, 6.07) is 3.61. The molecule has 0 aromatic heterocycles. The highest BCUT2D eigenvalue weighted by Gasteiger charge is 2.20. The topological polar surface area (TPSA) is 32.3 Å². The number of amides is 1. The smallest absolute Gasteiger partial charge is 0.249 e. The van der Waals surface area contributed by atoms with Crippen LogP contribution >= 0.6 is 0 Å². The summed E-state index contributed by atoms with van der Waals surface area (Å²) in [5, 5.41) is 2.60. The van der Waals surface area contributed by atoms with Gasteiger partial charge in [0.05, 0.1) is 12.6 Å². The number of nitrogens with one attached hydrogen (secondary N) is 1. The van der Waals surface area contributed by atoms with Gasteiger partial charge in [0.15, 0.2) is 11.6 Å².